The zero-order valence-electron chi connectivity index (χ0n) is 21.5. The number of rotatable bonds is 8. The van der Waals surface area contributed by atoms with E-state index in [1.165, 1.54) is 35.4 Å². The van der Waals surface area contributed by atoms with Crippen LogP contribution >= 0.6 is 11.5 Å². The molecular weight excluding hydrogens is 521 g/mol. The molecule has 2 aliphatic rings. The molecule has 3 amide bonds. The molecule has 0 spiro atoms. The molecule has 2 aromatic heterocycles. The molecular formula is C28H32FN5O4S. The van der Waals surface area contributed by atoms with E-state index >= 15 is 0 Å². The van der Waals surface area contributed by atoms with E-state index in [4.69, 9.17) is 10.2 Å². The van der Waals surface area contributed by atoms with Crippen molar-refractivity contribution in [2.24, 2.45) is 0 Å². The van der Waals surface area contributed by atoms with Crippen molar-refractivity contribution in [3.8, 4) is 0 Å². The summed E-state index contributed by atoms with van der Waals surface area (Å²) in [7, 11) is 0. The third-order valence-corrected chi connectivity index (χ3v) is 8.27. The van der Waals surface area contributed by atoms with Gasteiger partial charge in [-0.2, -0.15) is 4.37 Å². The number of benzene rings is 1. The van der Waals surface area contributed by atoms with Crippen LogP contribution in [0.1, 0.15) is 89.7 Å². The van der Waals surface area contributed by atoms with Crippen LogP contribution in [0.4, 0.5) is 15.8 Å². The van der Waals surface area contributed by atoms with Gasteiger partial charge in [-0.05, 0) is 73.6 Å². The lowest BCUT2D eigenvalue weighted by Crippen LogP contribution is -2.46. The number of aromatic nitrogens is 1. The van der Waals surface area contributed by atoms with E-state index in [-0.39, 0.29) is 39.8 Å². The number of hydrogen-bond donors (Lipinski definition) is 3. The summed E-state index contributed by atoms with van der Waals surface area (Å²) in [6, 6.07) is 7.34. The maximum absolute atomic E-state index is 14.1. The zero-order chi connectivity index (χ0) is 27.4. The molecule has 0 aliphatic heterocycles. The second-order valence-corrected chi connectivity index (χ2v) is 10.9. The number of carbonyl (C=O) groups excluding carboxylic acids is 3. The molecule has 2 saturated carbocycles. The van der Waals surface area contributed by atoms with E-state index in [1.807, 2.05) is 0 Å². The van der Waals surface area contributed by atoms with E-state index in [0.29, 0.717) is 0 Å². The van der Waals surface area contributed by atoms with Gasteiger partial charge in [0.2, 0.25) is 0 Å². The molecule has 2 heterocycles. The average molecular weight is 554 g/mol. The molecule has 9 nitrogen and oxygen atoms in total. The van der Waals surface area contributed by atoms with E-state index in [9.17, 15) is 18.8 Å². The number of furan rings is 1. The summed E-state index contributed by atoms with van der Waals surface area (Å²) in [5.41, 5.74) is 6.53. The van der Waals surface area contributed by atoms with Crippen LogP contribution < -0.4 is 21.3 Å². The van der Waals surface area contributed by atoms with Crippen molar-refractivity contribution in [1.82, 2.24) is 15.0 Å². The standard InChI is InChI=1S/C28H32FN5O4S/c29-17-12-14-20(15-13-17)34(24(21-11-6-16-38-21)27(36)32-19-9-4-5-10-19)28(37)25-22(30)23(33-39-25)26(35)31-18-7-2-1-3-8-18/h6,11-16,18-19,24H,1-5,7-10,30H2,(H,31,35)(H,32,36)/t24-/m1/s1. The number of amides is 3. The molecule has 0 saturated heterocycles. The lowest BCUT2D eigenvalue weighted by atomic mass is 9.95. The first kappa shape index (κ1) is 26.9. The smallest absolute Gasteiger partial charge is 0.273 e. The molecule has 1 aromatic carbocycles. The Morgan fingerprint density at radius 3 is 2.26 bits per heavy atom. The van der Waals surface area contributed by atoms with Crippen LogP contribution in [0.25, 0.3) is 0 Å². The third kappa shape index (κ3) is 5.98. The number of halogens is 1. The molecule has 5 rings (SSSR count). The van der Waals surface area contributed by atoms with Crippen LogP contribution in [0.3, 0.4) is 0 Å². The maximum atomic E-state index is 14.1. The summed E-state index contributed by atoms with van der Waals surface area (Å²) in [4.78, 5) is 42.0. The van der Waals surface area contributed by atoms with Crippen LogP contribution in [-0.2, 0) is 4.79 Å². The highest BCUT2D eigenvalue weighted by Crippen LogP contribution is 2.34. The number of anilines is 2. The molecule has 206 valence electrons. The number of nitrogens with zero attached hydrogens (tertiary/aromatic N) is 2. The van der Waals surface area contributed by atoms with Crippen molar-refractivity contribution in [1.29, 1.82) is 0 Å². The fourth-order valence-corrected chi connectivity index (χ4v) is 6.12. The number of nitrogens with two attached hydrogens (primary N) is 1. The van der Waals surface area contributed by atoms with Crippen molar-refractivity contribution < 1.29 is 23.2 Å². The average Bonchev–Trinajstić information content (AvgIpc) is 3.71. The Morgan fingerprint density at radius 2 is 1.62 bits per heavy atom. The molecule has 0 bridgehead atoms. The summed E-state index contributed by atoms with van der Waals surface area (Å²) in [6.45, 7) is 0. The second kappa shape index (κ2) is 12.0. The van der Waals surface area contributed by atoms with Gasteiger partial charge in [0.25, 0.3) is 17.7 Å². The minimum Gasteiger partial charge on any atom is -0.467 e. The van der Waals surface area contributed by atoms with E-state index in [0.717, 1.165) is 69.3 Å². The highest BCUT2D eigenvalue weighted by atomic mass is 32.1. The minimum atomic E-state index is -1.19. The topological polar surface area (TPSA) is 131 Å². The zero-order valence-corrected chi connectivity index (χ0v) is 22.3. The first-order chi connectivity index (χ1) is 18.9. The predicted molar refractivity (Wildman–Crippen MR) is 146 cm³/mol. The lowest BCUT2D eigenvalue weighted by molar-refractivity contribution is -0.123. The van der Waals surface area contributed by atoms with Crippen LogP contribution in [-0.4, -0.2) is 34.2 Å². The number of carbonyl (C=O) groups is 3. The normalized spacial score (nSPS) is 17.1. The Labute approximate surface area is 230 Å². The van der Waals surface area contributed by atoms with Gasteiger partial charge in [0, 0.05) is 17.8 Å². The van der Waals surface area contributed by atoms with Gasteiger partial charge in [0.05, 0.1) is 12.0 Å². The van der Waals surface area contributed by atoms with Crippen molar-refractivity contribution in [3.63, 3.8) is 0 Å². The van der Waals surface area contributed by atoms with Crippen LogP contribution in [0.2, 0.25) is 0 Å². The molecule has 2 aliphatic carbocycles. The summed E-state index contributed by atoms with van der Waals surface area (Å²) < 4.78 is 23.7. The van der Waals surface area contributed by atoms with Gasteiger partial charge in [-0.25, -0.2) is 4.39 Å². The van der Waals surface area contributed by atoms with Gasteiger partial charge in [-0.3, -0.25) is 19.3 Å². The fourth-order valence-electron chi connectivity index (χ4n) is 5.38. The molecule has 3 aromatic rings. The van der Waals surface area contributed by atoms with Crippen molar-refractivity contribution in [3.05, 3.63) is 64.8 Å². The van der Waals surface area contributed by atoms with E-state index in [2.05, 4.69) is 15.0 Å². The molecule has 4 N–H and O–H groups in total. The molecule has 39 heavy (non-hydrogen) atoms. The summed E-state index contributed by atoms with van der Waals surface area (Å²) in [6.07, 6.45) is 10.2. The van der Waals surface area contributed by atoms with Gasteiger partial charge >= 0.3 is 0 Å². The van der Waals surface area contributed by atoms with Crippen LogP contribution in [0.5, 0.6) is 0 Å². The van der Waals surface area contributed by atoms with Crippen molar-refractivity contribution in [2.75, 3.05) is 10.6 Å². The summed E-state index contributed by atoms with van der Waals surface area (Å²) >= 11 is 0.797. The highest BCUT2D eigenvalue weighted by Gasteiger charge is 2.38. The molecule has 11 heteroatoms. The quantitative estimate of drug-likeness (QED) is 0.361. The Morgan fingerprint density at radius 1 is 0.974 bits per heavy atom. The molecule has 0 radical (unpaired) electrons. The number of nitrogen functional groups attached to an aromatic ring is 1. The largest absolute Gasteiger partial charge is 0.467 e. The fraction of sp³-hybridized carbons (Fsp3) is 0.429. The van der Waals surface area contributed by atoms with Crippen molar-refractivity contribution in [2.45, 2.75) is 75.9 Å². The monoisotopic (exact) mass is 553 g/mol. The van der Waals surface area contributed by atoms with Gasteiger partial charge in [-0.15, -0.1) is 0 Å². The SMILES string of the molecule is Nc1c(C(=O)NC2CCCCC2)nsc1C(=O)N(c1ccc(F)cc1)[C@@H](C(=O)NC1CCCC1)c1ccco1. The third-order valence-electron chi connectivity index (χ3n) is 7.42. The summed E-state index contributed by atoms with van der Waals surface area (Å²) in [5, 5.41) is 6.02. The van der Waals surface area contributed by atoms with Gasteiger partial charge in [-0.1, -0.05) is 32.1 Å². The first-order valence-corrected chi connectivity index (χ1v) is 14.2. The number of nitrogens with one attached hydrogen (secondary N) is 2. The predicted octanol–water partition coefficient (Wildman–Crippen LogP) is 4.97. The van der Waals surface area contributed by atoms with Gasteiger partial charge < -0.3 is 20.8 Å². The minimum absolute atomic E-state index is 0.0105. The Hall–Kier alpha value is -3.73. The summed E-state index contributed by atoms with van der Waals surface area (Å²) in [5.74, 6) is -1.75. The van der Waals surface area contributed by atoms with E-state index < -0.39 is 29.6 Å². The van der Waals surface area contributed by atoms with Gasteiger partial charge in [0.1, 0.15) is 16.5 Å². The molecule has 0 unspecified atom stereocenters. The van der Waals surface area contributed by atoms with Crippen molar-refractivity contribution >= 4 is 40.6 Å². The van der Waals surface area contributed by atoms with E-state index in [1.54, 1.807) is 12.1 Å². The first-order valence-electron chi connectivity index (χ1n) is 13.4. The molecule has 2 fully saturated rings. The Balaban J connectivity index is 1.49. The molecule has 1 atom stereocenters. The Bertz CT molecular complexity index is 1300. The Kier molecular flexibility index (Phi) is 8.25. The number of hydrogen-bond acceptors (Lipinski definition) is 7. The highest BCUT2D eigenvalue weighted by molar-refractivity contribution is 7.09. The maximum Gasteiger partial charge on any atom is 0.273 e. The van der Waals surface area contributed by atoms with Crippen LogP contribution in [0, 0.1) is 5.82 Å². The lowest BCUT2D eigenvalue weighted by Gasteiger charge is -2.30. The second-order valence-electron chi connectivity index (χ2n) is 10.1. The van der Waals surface area contributed by atoms with Crippen LogP contribution in [0.15, 0.2) is 47.1 Å². The van der Waals surface area contributed by atoms with Gasteiger partial charge in [0.15, 0.2) is 11.7 Å².